The molecule has 0 radical (unpaired) electrons. The van der Waals surface area contributed by atoms with Crippen LogP contribution in [0.15, 0.2) is 24.3 Å². The van der Waals surface area contributed by atoms with Crippen molar-refractivity contribution in [3.8, 4) is 5.75 Å². The number of hydrogen-bond donors (Lipinski definition) is 2. The molecule has 1 aromatic rings. The highest BCUT2D eigenvalue weighted by molar-refractivity contribution is 5.87. The Morgan fingerprint density at radius 2 is 2.06 bits per heavy atom. The van der Waals surface area contributed by atoms with Crippen molar-refractivity contribution >= 4 is 5.97 Å². The molecule has 0 atom stereocenters. The SMILES string of the molecule is CCNCCCOc1ccc(C(=O)O)cc1. The molecule has 0 fully saturated rings. The number of rotatable bonds is 7. The van der Waals surface area contributed by atoms with Crippen LogP contribution in [0.25, 0.3) is 0 Å². The summed E-state index contributed by atoms with van der Waals surface area (Å²) in [6, 6.07) is 6.44. The van der Waals surface area contributed by atoms with Crippen LogP contribution < -0.4 is 10.1 Å². The third-order valence-electron chi connectivity index (χ3n) is 2.12. The minimum atomic E-state index is -0.918. The largest absolute Gasteiger partial charge is 0.494 e. The lowest BCUT2D eigenvalue weighted by Gasteiger charge is -2.06. The van der Waals surface area contributed by atoms with Gasteiger partial charge in [-0.2, -0.15) is 0 Å². The maximum atomic E-state index is 10.6. The highest BCUT2D eigenvalue weighted by Gasteiger charge is 2.01. The van der Waals surface area contributed by atoms with Gasteiger partial charge in [0.1, 0.15) is 5.75 Å². The summed E-state index contributed by atoms with van der Waals surface area (Å²) in [4.78, 5) is 10.6. The van der Waals surface area contributed by atoms with E-state index in [1.807, 2.05) is 0 Å². The van der Waals surface area contributed by atoms with Crippen molar-refractivity contribution in [3.05, 3.63) is 29.8 Å². The summed E-state index contributed by atoms with van der Waals surface area (Å²) in [5, 5.41) is 11.9. The maximum Gasteiger partial charge on any atom is 0.335 e. The number of carboxylic acid groups (broad SMARTS) is 1. The summed E-state index contributed by atoms with van der Waals surface area (Å²) < 4.78 is 5.45. The van der Waals surface area contributed by atoms with Gasteiger partial charge in [0.05, 0.1) is 12.2 Å². The highest BCUT2D eigenvalue weighted by atomic mass is 16.5. The Hall–Kier alpha value is -1.55. The number of benzene rings is 1. The van der Waals surface area contributed by atoms with E-state index in [1.54, 1.807) is 24.3 Å². The van der Waals surface area contributed by atoms with Crippen LogP contribution in [-0.4, -0.2) is 30.8 Å². The van der Waals surface area contributed by atoms with Crippen molar-refractivity contribution in [1.29, 1.82) is 0 Å². The van der Waals surface area contributed by atoms with E-state index in [4.69, 9.17) is 9.84 Å². The Morgan fingerprint density at radius 3 is 2.62 bits per heavy atom. The molecule has 0 saturated carbocycles. The molecule has 16 heavy (non-hydrogen) atoms. The van der Waals surface area contributed by atoms with Crippen LogP contribution in [0.1, 0.15) is 23.7 Å². The first-order valence-corrected chi connectivity index (χ1v) is 5.41. The average Bonchev–Trinajstić information content (AvgIpc) is 2.29. The Labute approximate surface area is 95.2 Å². The average molecular weight is 223 g/mol. The molecule has 0 saturated heterocycles. The van der Waals surface area contributed by atoms with Crippen molar-refractivity contribution in [1.82, 2.24) is 5.32 Å². The van der Waals surface area contributed by atoms with Gasteiger partial charge in [-0.15, -0.1) is 0 Å². The number of carboxylic acids is 1. The Morgan fingerprint density at radius 1 is 1.38 bits per heavy atom. The normalized spacial score (nSPS) is 10.1. The van der Waals surface area contributed by atoms with E-state index in [0.29, 0.717) is 12.4 Å². The van der Waals surface area contributed by atoms with Crippen molar-refractivity contribution in [2.75, 3.05) is 19.7 Å². The molecule has 0 heterocycles. The zero-order valence-corrected chi connectivity index (χ0v) is 9.40. The fourth-order valence-electron chi connectivity index (χ4n) is 1.26. The lowest BCUT2D eigenvalue weighted by Crippen LogP contribution is -2.16. The first-order chi connectivity index (χ1) is 7.74. The van der Waals surface area contributed by atoms with Crippen molar-refractivity contribution in [3.63, 3.8) is 0 Å². The number of nitrogens with one attached hydrogen (secondary N) is 1. The quantitative estimate of drug-likeness (QED) is 0.691. The third kappa shape index (κ3) is 4.31. The Bertz CT molecular complexity index is 322. The maximum absolute atomic E-state index is 10.6. The summed E-state index contributed by atoms with van der Waals surface area (Å²) in [5.41, 5.74) is 0.278. The van der Waals surface area contributed by atoms with Crippen LogP contribution in [0.3, 0.4) is 0 Å². The predicted molar refractivity (Wildman–Crippen MR) is 62.1 cm³/mol. The van der Waals surface area contributed by atoms with E-state index in [-0.39, 0.29) is 5.56 Å². The lowest BCUT2D eigenvalue weighted by atomic mass is 10.2. The fraction of sp³-hybridized carbons (Fsp3) is 0.417. The summed E-state index contributed by atoms with van der Waals surface area (Å²) in [6.07, 6.45) is 0.939. The van der Waals surface area contributed by atoms with Gasteiger partial charge in [-0.25, -0.2) is 4.79 Å². The molecule has 0 bridgehead atoms. The van der Waals surface area contributed by atoms with Gasteiger partial charge in [-0.05, 0) is 43.8 Å². The van der Waals surface area contributed by atoms with E-state index in [1.165, 1.54) is 0 Å². The monoisotopic (exact) mass is 223 g/mol. The molecule has 0 aliphatic carbocycles. The van der Waals surface area contributed by atoms with Crippen molar-refractivity contribution in [2.45, 2.75) is 13.3 Å². The van der Waals surface area contributed by atoms with E-state index in [0.717, 1.165) is 19.5 Å². The van der Waals surface area contributed by atoms with Gasteiger partial charge in [0, 0.05) is 0 Å². The molecule has 1 aromatic carbocycles. The zero-order valence-electron chi connectivity index (χ0n) is 9.40. The van der Waals surface area contributed by atoms with Crippen LogP contribution >= 0.6 is 0 Å². The van der Waals surface area contributed by atoms with Gasteiger partial charge in [0.15, 0.2) is 0 Å². The number of hydrogen-bond acceptors (Lipinski definition) is 3. The summed E-state index contributed by atoms with van der Waals surface area (Å²) in [6.45, 7) is 4.60. The summed E-state index contributed by atoms with van der Waals surface area (Å²) >= 11 is 0. The third-order valence-corrected chi connectivity index (χ3v) is 2.12. The highest BCUT2D eigenvalue weighted by Crippen LogP contribution is 2.12. The van der Waals surface area contributed by atoms with Crippen LogP contribution in [0.2, 0.25) is 0 Å². The van der Waals surface area contributed by atoms with Crippen LogP contribution in [0.4, 0.5) is 0 Å². The van der Waals surface area contributed by atoms with Crippen LogP contribution in [0, 0.1) is 0 Å². The molecule has 0 aromatic heterocycles. The second-order valence-electron chi connectivity index (χ2n) is 3.39. The molecular formula is C12H17NO3. The van der Waals surface area contributed by atoms with Crippen molar-refractivity contribution < 1.29 is 14.6 Å². The van der Waals surface area contributed by atoms with Gasteiger partial charge in [-0.1, -0.05) is 6.92 Å². The van der Waals surface area contributed by atoms with Gasteiger partial charge in [-0.3, -0.25) is 0 Å². The second kappa shape index (κ2) is 6.85. The van der Waals surface area contributed by atoms with Gasteiger partial charge < -0.3 is 15.2 Å². The first kappa shape index (κ1) is 12.5. The van der Waals surface area contributed by atoms with E-state index in [2.05, 4.69) is 12.2 Å². The van der Waals surface area contributed by atoms with Crippen molar-refractivity contribution in [2.24, 2.45) is 0 Å². The first-order valence-electron chi connectivity index (χ1n) is 5.41. The smallest absolute Gasteiger partial charge is 0.335 e. The molecule has 0 amide bonds. The zero-order chi connectivity index (χ0) is 11.8. The Balaban J connectivity index is 2.29. The molecule has 4 nitrogen and oxygen atoms in total. The topological polar surface area (TPSA) is 58.6 Å². The predicted octanol–water partition coefficient (Wildman–Crippen LogP) is 1.76. The minimum absolute atomic E-state index is 0.278. The van der Waals surface area contributed by atoms with Crippen LogP contribution in [0.5, 0.6) is 5.75 Å². The van der Waals surface area contributed by atoms with E-state index in [9.17, 15) is 4.79 Å². The number of aromatic carboxylic acids is 1. The molecule has 1 rings (SSSR count). The number of carbonyl (C=O) groups is 1. The molecular weight excluding hydrogens is 206 g/mol. The van der Waals surface area contributed by atoms with E-state index >= 15 is 0 Å². The standard InChI is InChI=1S/C12H17NO3/c1-2-13-8-3-9-16-11-6-4-10(5-7-11)12(14)15/h4-7,13H,2-3,8-9H2,1H3,(H,14,15). The van der Waals surface area contributed by atoms with Gasteiger partial charge in [0.25, 0.3) is 0 Å². The molecule has 2 N–H and O–H groups in total. The number of ether oxygens (including phenoxy) is 1. The molecule has 0 unspecified atom stereocenters. The lowest BCUT2D eigenvalue weighted by molar-refractivity contribution is 0.0697. The van der Waals surface area contributed by atoms with E-state index < -0.39 is 5.97 Å². The Kier molecular flexibility index (Phi) is 5.36. The van der Waals surface area contributed by atoms with Gasteiger partial charge in [0.2, 0.25) is 0 Å². The molecule has 88 valence electrons. The fourth-order valence-corrected chi connectivity index (χ4v) is 1.26. The molecule has 4 heteroatoms. The van der Waals surface area contributed by atoms with Gasteiger partial charge >= 0.3 is 5.97 Å². The minimum Gasteiger partial charge on any atom is -0.494 e. The molecule has 0 aliphatic rings. The second-order valence-corrected chi connectivity index (χ2v) is 3.39. The molecule has 0 aliphatic heterocycles. The molecule has 0 spiro atoms. The van der Waals surface area contributed by atoms with Crippen LogP contribution in [-0.2, 0) is 0 Å². The summed E-state index contributed by atoms with van der Waals surface area (Å²) in [7, 11) is 0. The summed E-state index contributed by atoms with van der Waals surface area (Å²) in [5.74, 6) is -0.208.